The summed E-state index contributed by atoms with van der Waals surface area (Å²) in [6, 6.07) is 8.34. The van der Waals surface area contributed by atoms with E-state index in [0.717, 1.165) is 33.7 Å². The van der Waals surface area contributed by atoms with E-state index in [0.29, 0.717) is 25.1 Å². The fourth-order valence-electron chi connectivity index (χ4n) is 3.36. The maximum absolute atomic E-state index is 14.8. The Morgan fingerprint density at radius 2 is 1.97 bits per heavy atom. The summed E-state index contributed by atoms with van der Waals surface area (Å²) in [5.74, 6) is 0.263. The molecule has 1 aromatic carbocycles. The van der Waals surface area contributed by atoms with Gasteiger partial charge in [-0.15, -0.1) is 0 Å². The first-order chi connectivity index (χ1) is 15.1. The van der Waals surface area contributed by atoms with Crippen LogP contribution in [0.2, 0.25) is 0 Å². The Hall–Kier alpha value is -3.37. The van der Waals surface area contributed by atoms with E-state index >= 15 is 0 Å². The fourth-order valence-corrected chi connectivity index (χ4v) is 3.36. The van der Waals surface area contributed by atoms with E-state index in [-0.39, 0.29) is 24.4 Å². The van der Waals surface area contributed by atoms with Gasteiger partial charge in [0.1, 0.15) is 18.0 Å². The monoisotopic (exact) mass is 428 g/mol. The lowest BCUT2D eigenvalue weighted by atomic mass is 10.1. The number of ether oxygens (including phenoxy) is 1. The van der Waals surface area contributed by atoms with Crippen LogP contribution in [0.25, 0.3) is 16.8 Å². The zero-order valence-corrected chi connectivity index (χ0v) is 16.7. The molecule has 0 radical (unpaired) electrons. The molecule has 0 atom stereocenters. The van der Waals surface area contributed by atoms with Crippen LogP contribution in [0.15, 0.2) is 59.6 Å². The van der Waals surface area contributed by atoms with Gasteiger partial charge in [-0.2, -0.15) is 5.10 Å². The van der Waals surface area contributed by atoms with Gasteiger partial charge in [-0.05, 0) is 35.4 Å². The number of anilines is 1. The van der Waals surface area contributed by atoms with E-state index in [1.807, 2.05) is 12.1 Å². The molecule has 31 heavy (non-hydrogen) atoms. The zero-order valence-electron chi connectivity index (χ0n) is 16.7. The lowest BCUT2D eigenvalue weighted by molar-refractivity contribution is 0.122. The van der Waals surface area contributed by atoms with Crippen molar-refractivity contribution in [1.29, 1.82) is 0 Å². The van der Waals surface area contributed by atoms with Crippen molar-refractivity contribution < 1.29 is 13.5 Å². The Morgan fingerprint density at radius 3 is 2.61 bits per heavy atom. The average Bonchev–Trinajstić information content (AvgIpc) is 3.17. The molecule has 1 fully saturated rings. The van der Waals surface area contributed by atoms with E-state index in [1.54, 1.807) is 12.3 Å². The van der Waals surface area contributed by atoms with Gasteiger partial charge < -0.3 is 15.4 Å². The Balaban J connectivity index is 1.56. The fraction of sp³-hybridized carbons (Fsp3) is 0.286. The highest BCUT2D eigenvalue weighted by Gasteiger charge is 2.15. The molecule has 0 aliphatic carbocycles. The van der Waals surface area contributed by atoms with Gasteiger partial charge in [-0.1, -0.05) is 6.07 Å². The number of nitrogens with zero attached hydrogens (tertiary/aromatic N) is 5. The summed E-state index contributed by atoms with van der Waals surface area (Å²) in [6.07, 6.45) is 3.24. The standard InChI is InChI=1S/C21H22F2N6O2/c22-10-15(11-24)13-29-21(30)28(14-26-29)19-3-1-16(9-18(19)23)17-2-4-20(25-12-17)27-5-7-31-8-6-27/h1-4,9-10,12,14H,5-8,11,13,24H2/b15-10+. The van der Waals surface area contributed by atoms with Gasteiger partial charge in [-0.3, -0.25) is 0 Å². The molecule has 3 aromatic rings. The third-order valence-electron chi connectivity index (χ3n) is 5.13. The second kappa shape index (κ2) is 9.19. The first-order valence-electron chi connectivity index (χ1n) is 9.82. The lowest BCUT2D eigenvalue weighted by Gasteiger charge is -2.27. The van der Waals surface area contributed by atoms with Gasteiger partial charge in [-0.25, -0.2) is 27.8 Å². The molecule has 4 rings (SSSR count). The van der Waals surface area contributed by atoms with Crippen molar-refractivity contribution in [3.63, 3.8) is 0 Å². The first kappa shape index (κ1) is 20.9. The number of benzene rings is 1. The summed E-state index contributed by atoms with van der Waals surface area (Å²) in [5.41, 5.74) is 6.47. The Bertz CT molecular complexity index is 1130. The minimum atomic E-state index is -0.587. The highest BCUT2D eigenvalue weighted by atomic mass is 19.1. The molecule has 0 unspecified atom stereocenters. The van der Waals surface area contributed by atoms with E-state index in [2.05, 4.69) is 15.0 Å². The average molecular weight is 428 g/mol. The molecule has 1 aliphatic rings. The predicted molar refractivity (Wildman–Crippen MR) is 112 cm³/mol. The highest BCUT2D eigenvalue weighted by molar-refractivity contribution is 5.65. The van der Waals surface area contributed by atoms with Gasteiger partial charge >= 0.3 is 5.69 Å². The van der Waals surface area contributed by atoms with Crippen LogP contribution in [-0.4, -0.2) is 52.2 Å². The minimum Gasteiger partial charge on any atom is -0.378 e. The number of hydrogen-bond donors (Lipinski definition) is 1. The summed E-state index contributed by atoms with van der Waals surface area (Å²) >= 11 is 0. The van der Waals surface area contributed by atoms with E-state index in [9.17, 15) is 13.6 Å². The van der Waals surface area contributed by atoms with Crippen molar-refractivity contribution in [2.24, 2.45) is 5.73 Å². The van der Waals surface area contributed by atoms with Crippen LogP contribution in [0.5, 0.6) is 0 Å². The molecule has 0 bridgehead atoms. The van der Waals surface area contributed by atoms with E-state index < -0.39 is 11.5 Å². The van der Waals surface area contributed by atoms with Gasteiger partial charge in [0, 0.05) is 31.4 Å². The van der Waals surface area contributed by atoms with Crippen molar-refractivity contribution in [2.45, 2.75) is 6.54 Å². The number of pyridine rings is 1. The van der Waals surface area contributed by atoms with Crippen LogP contribution >= 0.6 is 0 Å². The normalized spacial score (nSPS) is 14.8. The molecule has 0 saturated carbocycles. The summed E-state index contributed by atoms with van der Waals surface area (Å²) in [5, 5.41) is 3.92. The zero-order chi connectivity index (χ0) is 21.8. The minimum absolute atomic E-state index is 0.0444. The van der Waals surface area contributed by atoms with Crippen LogP contribution in [0, 0.1) is 5.82 Å². The first-order valence-corrected chi connectivity index (χ1v) is 9.82. The third kappa shape index (κ3) is 4.39. The van der Waals surface area contributed by atoms with Gasteiger partial charge in [0.15, 0.2) is 0 Å². The lowest BCUT2D eigenvalue weighted by Crippen LogP contribution is -2.36. The molecular formula is C21H22F2N6O2. The van der Waals surface area contributed by atoms with Gasteiger partial charge in [0.2, 0.25) is 0 Å². The van der Waals surface area contributed by atoms with Gasteiger partial charge in [0.25, 0.3) is 0 Å². The summed E-state index contributed by atoms with van der Waals surface area (Å²) in [4.78, 5) is 19.1. The predicted octanol–water partition coefficient (Wildman–Crippen LogP) is 1.88. The van der Waals surface area contributed by atoms with Crippen molar-refractivity contribution in [3.8, 4) is 16.8 Å². The van der Waals surface area contributed by atoms with Gasteiger partial charge in [0.05, 0.1) is 31.8 Å². The molecule has 2 aromatic heterocycles. The highest BCUT2D eigenvalue weighted by Crippen LogP contribution is 2.24. The molecule has 0 spiro atoms. The maximum atomic E-state index is 14.8. The molecule has 1 aliphatic heterocycles. The molecule has 3 heterocycles. The molecule has 2 N–H and O–H groups in total. The summed E-state index contributed by atoms with van der Waals surface area (Å²) in [6.45, 7) is 2.77. The second-order valence-electron chi connectivity index (χ2n) is 7.08. The Labute approximate surface area is 177 Å². The number of hydrogen-bond acceptors (Lipinski definition) is 6. The van der Waals surface area contributed by atoms with Crippen molar-refractivity contribution >= 4 is 5.82 Å². The quantitative estimate of drug-likeness (QED) is 0.645. The van der Waals surface area contributed by atoms with Crippen LogP contribution in [0.3, 0.4) is 0 Å². The van der Waals surface area contributed by atoms with Crippen molar-refractivity contribution in [2.75, 3.05) is 37.7 Å². The van der Waals surface area contributed by atoms with Crippen LogP contribution in [-0.2, 0) is 11.3 Å². The van der Waals surface area contributed by atoms with Crippen LogP contribution < -0.4 is 16.3 Å². The molecule has 0 amide bonds. The van der Waals surface area contributed by atoms with E-state index in [4.69, 9.17) is 10.5 Å². The largest absolute Gasteiger partial charge is 0.378 e. The topological polar surface area (TPSA) is 91.2 Å². The number of rotatable bonds is 6. The molecular weight excluding hydrogens is 406 g/mol. The Kier molecular flexibility index (Phi) is 6.19. The Morgan fingerprint density at radius 1 is 1.19 bits per heavy atom. The third-order valence-corrected chi connectivity index (χ3v) is 5.13. The number of morpholine rings is 1. The van der Waals surface area contributed by atoms with Crippen LogP contribution in [0.4, 0.5) is 14.6 Å². The number of aromatic nitrogens is 4. The number of nitrogens with two attached hydrogens (primary N) is 1. The van der Waals surface area contributed by atoms with Crippen molar-refractivity contribution in [1.82, 2.24) is 19.3 Å². The smallest absolute Gasteiger partial charge is 0.350 e. The molecule has 8 nitrogen and oxygen atoms in total. The molecule has 1 saturated heterocycles. The maximum Gasteiger partial charge on any atom is 0.350 e. The molecule has 162 valence electrons. The summed E-state index contributed by atoms with van der Waals surface area (Å²) in [7, 11) is 0. The SMILES string of the molecule is NC/C(=C\F)Cn1ncn(-c2ccc(-c3ccc(N4CCOCC4)nc3)cc2F)c1=O. The van der Waals surface area contributed by atoms with Crippen molar-refractivity contribution in [3.05, 3.63) is 71.1 Å². The second-order valence-corrected chi connectivity index (χ2v) is 7.08. The summed E-state index contributed by atoms with van der Waals surface area (Å²) < 4.78 is 35.0. The van der Waals surface area contributed by atoms with Crippen LogP contribution in [0.1, 0.15) is 0 Å². The van der Waals surface area contributed by atoms with E-state index in [1.165, 1.54) is 18.5 Å². The molecule has 10 heteroatoms. The number of halogens is 2.